The van der Waals surface area contributed by atoms with Crippen LogP contribution in [0.1, 0.15) is 12.0 Å². The van der Waals surface area contributed by atoms with Crippen LogP contribution in [0.15, 0.2) is 116 Å². The Balaban J connectivity index is 2.12. The molecular weight excluding hydrogens is 576 g/mol. The minimum atomic E-state index is -4.41. The van der Waals surface area contributed by atoms with E-state index in [2.05, 4.69) is 31.9 Å². The van der Waals surface area contributed by atoms with Crippen LogP contribution in [0.5, 0.6) is 0 Å². The van der Waals surface area contributed by atoms with Crippen molar-refractivity contribution >= 4 is 57.1 Å². The van der Waals surface area contributed by atoms with Crippen molar-refractivity contribution < 1.29 is 16.8 Å². The highest BCUT2D eigenvalue weighted by molar-refractivity contribution is 9.11. The van der Waals surface area contributed by atoms with Gasteiger partial charge in [-0.25, -0.2) is 16.8 Å². The Kier molecular flexibility index (Phi) is 6.33. The van der Waals surface area contributed by atoms with Crippen LogP contribution in [0, 0.1) is 0 Å². The molecule has 0 N–H and O–H groups in total. The van der Waals surface area contributed by atoms with E-state index in [1.54, 1.807) is 72.8 Å². The summed E-state index contributed by atoms with van der Waals surface area (Å²) in [7, 11) is -8.82. The lowest BCUT2D eigenvalue weighted by atomic mass is 9.96. The molecule has 32 heavy (non-hydrogen) atoms. The molecule has 8 heteroatoms. The summed E-state index contributed by atoms with van der Waals surface area (Å²) in [6, 6.07) is 22.4. The van der Waals surface area contributed by atoms with Crippen molar-refractivity contribution in [3.05, 3.63) is 112 Å². The highest BCUT2D eigenvalue weighted by Crippen LogP contribution is 2.51. The summed E-state index contributed by atoms with van der Waals surface area (Å²) in [6.07, 6.45) is 3.04. The largest absolute Gasteiger partial charge is 0.222 e. The Morgan fingerprint density at radius 2 is 1.09 bits per heavy atom. The number of hydrogen-bond acceptors (Lipinski definition) is 4. The lowest BCUT2D eigenvalue weighted by molar-refractivity contribution is 0.559. The monoisotopic (exact) mass is 592 g/mol. The average molecular weight is 594 g/mol. The van der Waals surface area contributed by atoms with Crippen LogP contribution in [-0.4, -0.2) is 20.9 Å². The maximum atomic E-state index is 14.2. The maximum absolute atomic E-state index is 14.2. The van der Waals surface area contributed by atoms with Crippen LogP contribution in [0.2, 0.25) is 0 Å². The van der Waals surface area contributed by atoms with Gasteiger partial charge in [0, 0.05) is 10.9 Å². The van der Waals surface area contributed by atoms with Gasteiger partial charge in [0.25, 0.3) is 0 Å². The molecule has 3 aromatic carbocycles. The third kappa shape index (κ3) is 3.73. The Hall–Kier alpha value is -2.00. The van der Waals surface area contributed by atoms with E-state index in [9.17, 15) is 16.8 Å². The van der Waals surface area contributed by atoms with E-state index in [0.717, 1.165) is 4.47 Å². The average Bonchev–Trinajstić information content (AvgIpc) is 2.80. The summed E-state index contributed by atoms with van der Waals surface area (Å²) in [4.78, 5) is -0.102. The van der Waals surface area contributed by atoms with Crippen LogP contribution < -0.4 is 0 Å². The molecule has 0 aromatic heterocycles. The van der Waals surface area contributed by atoms with Crippen molar-refractivity contribution in [3.63, 3.8) is 0 Å². The van der Waals surface area contributed by atoms with E-state index in [0.29, 0.717) is 10.0 Å². The predicted molar refractivity (Wildman–Crippen MR) is 134 cm³/mol. The SMILES string of the molecule is O=S(=O)(c1ccccc1)C1(S(=O)(=O)c2ccccc2)CC(Br)=CC=C1c1ccc(Br)cc1. The zero-order chi connectivity index (χ0) is 23.0. The molecular formula is C24H18Br2O4S2. The highest BCUT2D eigenvalue weighted by Gasteiger charge is 2.59. The molecule has 0 saturated heterocycles. The molecule has 0 saturated carbocycles. The second-order valence-corrected chi connectivity index (χ2v) is 13.8. The van der Waals surface area contributed by atoms with E-state index < -0.39 is 23.8 Å². The first-order valence-corrected chi connectivity index (χ1v) is 14.2. The molecule has 4 rings (SSSR count). The van der Waals surface area contributed by atoms with Crippen molar-refractivity contribution in [2.75, 3.05) is 0 Å². The van der Waals surface area contributed by atoms with Gasteiger partial charge in [0.2, 0.25) is 23.8 Å². The number of benzene rings is 3. The lowest BCUT2D eigenvalue weighted by Gasteiger charge is -2.37. The van der Waals surface area contributed by atoms with Gasteiger partial charge in [-0.1, -0.05) is 92.5 Å². The molecule has 3 aromatic rings. The van der Waals surface area contributed by atoms with E-state index in [-0.39, 0.29) is 21.8 Å². The molecule has 0 aliphatic heterocycles. The summed E-state index contributed by atoms with van der Waals surface area (Å²) in [5.74, 6) is 0. The molecule has 0 atom stereocenters. The number of hydrogen-bond donors (Lipinski definition) is 0. The van der Waals surface area contributed by atoms with Crippen LogP contribution in [0.3, 0.4) is 0 Å². The standard InChI is InChI=1S/C24H18Br2O4S2/c25-19-13-11-18(12-14-19)23-16-15-20(26)17-24(23,31(27,28)21-7-3-1-4-8-21)32(29,30)22-9-5-2-6-10-22/h1-16H,17H2. The van der Waals surface area contributed by atoms with Crippen LogP contribution >= 0.6 is 31.9 Å². The van der Waals surface area contributed by atoms with Gasteiger partial charge < -0.3 is 0 Å². The summed E-state index contributed by atoms with van der Waals surface area (Å²) in [5, 5.41) is 0. The Morgan fingerprint density at radius 1 is 0.625 bits per heavy atom. The zero-order valence-electron chi connectivity index (χ0n) is 16.7. The molecule has 164 valence electrons. The maximum Gasteiger partial charge on any atom is 0.212 e. The smallest absolute Gasteiger partial charge is 0.212 e. The van der Waals surface area contributed by atoms with Gasteiger partial charge >= 0.3 is 0 Å². The Bertz CT molecular complexity index is 1340. The van der Waals surface area contributed by atoms with Crippen molar-refractivity contribution in [1.29, 1.82) is 0 Å². The predicted octanol–water partition coefficient (Wildman–Crippen LogP) is 6.16. The quantitative estimate of drug-likeness (QED) is 0.355. The minimum absolute atomic E-state index is 0.0512. The molecule has 0 fully saturated rings. The Labute approximate surface area is 204 Å². The lowest BCUT2D eigenvalue weighted by Crippen LogP contribution is -2.48. The van der Waals surface area contributed by atoms with Gasteiger partial charge in [0.05, 0.1) is 9.79 Å². The molecule has 0 radical (unpaired) electrons. The molecule has 0 bridgehead atoms. The molecule has 1 aliphatic rings. The van der Waals surface area contributed by atoms with Gasteiger partial charge in [-0.2, -0.15) is 0 Å². The summed E-state index contributed by atoms with van der Waals surface area (Å²) >= 11 is 6.77. The fraction of sp³-hybridized carbons (Fsp3) is 0.0833. The third-order valence-corrected chi connectivity index (χ3v) is 12.0. The van der Waals surface area contributed by atoms with Gasteiger partial charge in [0.15, 0.2) is 0 Å². The van der Waals surface area contributed by atoms with E-state index in [1.165, 1.54) is 24.3 Å². The number of allylic oxidation sites excluding steroid dienone is 3. The minimum Gasteiger partial charge on any atom is -0.222 e. The van der Waals surface area contributed by atoms with Gasteiger partial charge in [0.1, 0.15) is 0 Å². The molecule has 0 heterocycles. The third-order valence-electron chi connectivity index (χ3n) is 5.37. The molecule has 0 spiro atoms. The molecule has 0 unspecified atom stereocenters. The van der Waals surface area contributed by atoms with Gasteiger partial charge in [-0.3, -0.25) is 0 Å². The number of halogens is 2. The summed E-state index contributed by atoms with van der Waals surface area (Å²) < 4.78 is 56.0. The summed E-state index contributed by atoms with van der Waals surface area (Å²) in [5.41, 5.74) is 0.726. The zero-order valence-corrected chi connectivity index (χ0v) is 21.5. The van der Waals surface area contributed by atoms with E-state index in [1.807, 2.05) is 0 Å². The fourth-order valence-electron chi connectivity index (χ4n) is 3.83. The first kappa shape index (κ1) is 23.2. The van der Waals surface area contributed by atoms with Crippen molar-refractivity contribution in [3.8, 4) is 0 Å². The topological polar surface area (TPSA) is 68.3 Å². The second kappa shape index (κ2) is 8.74. The van der Waals surface area contributed by atoms with Gasteiger partial charge in [-0.15, -0.1) is 0 Å². The number of sulfone groups is 2. The fourth-order valence-corrected chi connectivity index (χ4v) is 10.2. The van der Waals surface area contributed by atoms with Gasteiger partial charge in [-0.05, 0) is 52.0 Å². The first-order chi connectivity index (χ1) is 15.2. The van der Waals surface area contributed by atoms with Crippen molar-refractivity contribution in [2.45, 2.75) is 20.3 Å². The Morgan fingerprint density at radius 3 is 1.56 bits per heavy atom. The van der Waals surface area contributed by atoms with Crippen molar-refractivity contribution in [1.82, 2.24) is 0 Å². The van der Waals surface area contributed by atoms with Crippen LogP contribution in [-0.2, 0) is 19.7 Å². The van der Waals surface area contributed by atoms with Crippen LogP contribution in [0.25, 0.3) is 5.57 Å². The summed E-state index contributed by atoms with van der Waals surface area (Å²) in [6.45, 7) is 0. The normalized spacial score (nSPS) is 16.2. The molecule has 4 nitrogen and oxygen atoms in total. The van der Waals surface area contributed by atoms with E-state index >= 15 is 0 Å². The first-order valence-electron chi connectivity index (χ1n) is 9.62. The number of rotatable bonds is 5. The van der Waals surface area contributed by atoms with Crippen LogP contribution in [0.4, 0.5) is 0 Å². The van der Waals surface area contributed by atoms with E-state index in [4.69, 9.17) is 0 Å². The van der Waals surface area contributed by atoms with Crippen molar-refractivity contribution in [2.24, 2.45) is 0 Å². The molecule has 0 amide bonds. The highest BCUT2D eigenvalue weighted by atomic mass is 79.9. The second-order valence-electron chi connectivity index (χ2n) is 7.26. The molecule has 1 aliphatic carbocycles.